The van der Waals surface area contributed by atoms with E-state index in [4.69, 9.17) is 0 Å². The van der Waals surface area contributed by atoms with Crippen LogP contribution in [-0.2, 0) is 0 Å². The molecule has 1 aromatic carbocycles. The van der Waals surface area contributed by atoms with E-state index >= 15 is 0 Å². The summed E-state index contributed by atoms with van der Waals surface area (Å²) in [7, 11) is 0. The second kappa shape index (κ2) is 6.54. The molecule has 0 fully saturated rings. The average molecular weight is 342 g/mol. The van der Waals surface area contributed by atoms with Crippen molar-refractivity contribution in [3.63, 3.8) is 0 Å². The highest BCUT2D eigenvalue weighted by Gasteiger charge is 2.16. The highest BCUT2D eigenvalue weighted by Crippen LogP contribution is 2.25. The molecule has 0 spiro atoms. The first-order chi connectivity index (χ1) is 9.15. The van der Waals surface area contributed by atoms with Crippen LogP contribution in [0.15, 0.2) is 29.0 Å². The molecule has 2 N–H and O–H groups in total. The second-order valence-electron chi connectivity index (χ2n) is 4.27. The van der Waals surface area contributed by atoms with Crippen molar-refractivity contribution in [2.75, 3.05) is 18.2 Å². The van der Waals surface area contributed by atoms with E-state index in [-0.39, 0.29) is 17.9 Å². The largest absolute Gasteiger partial charge is 0.395 e. The molecule has 0 aliphatic heterocycles. The number of rotatable bonds is 5. The molecule has 0 bridgehead atoms. The first-order valence-electron chi connectivity index (χ1n) is 5.96. The maximum atomic E-state index is 9.33. The molecule has 1 aromatic heterocycles. The van der Waals surface area contributed by atoms with Crippen LogP contribution in [0.2, 0.25) is 0 Å². The van der Waals surface area contributed by atoms with Gasteiger partial charge in [-0.05, 0) is 31.4 Å². The van der Waals surface area contributed by atoms with Crippen molar-refractivity contribution < 1.29 is 5.11 Å². The number of aromatic nitrogens is 2. The van der Waals surface area contributed by atoms with Gasteiger partial charge in [0.05, 0.1) is 12.1 Å². The third kappa shape index (κ3) is 3.38. The van der Waals surface area contributed by atoms with E-state index in [1.54, 1.807) is 18.1 Å². The van der Waals surface area contributed by atoms with Gasteiger partial charge < -0.3 is 10.4 Å². The van der Waals surface area contributed by atoms with Gasteiger partial charge in [-0.3, -0.25) is 0 Å². The summed E-state index contributed by atoms with van der Waals surface area (Å²) in [6.45, 7) is 2.19. The van der Waals surface area contributed by atoms with Crippen LogP contribution in [-0.4, -0.2) is 39.2 Å². The molecule has 2 rings (SSSR count). The van der Waals surface area contributed by atoms with Gasteiger partial charge in [-0.2, -0.15) is 11.8 Å². The van der Waals surface area contributed by atoms with Crippen molar-refractivity contribution in [2.24, 2.45) is 0 Å². The fourth-order valence-corrected chi connectivity index (χ4v) is 2.88. The number of fused-ring (bicyclic) bond motifs is 1. The number of hydrogen-bond acceptors (Lipinski definition) is 5. The van der Waals surface area contributed by atoms with Gasteiger partial charge in [0, 0.05) is 21.2 Å². The number of thioether (sulfide) groups is 1. The second-order valence-corrected chi connectivity index (χ2v) is 6.27. The first kappa shape index (κ1) is 14.6. The lowest BCUT2D eigenvalue weighted by Crippen LogP contribution is -2.31. The van der Waals surface area contributed by atoms with Gasteiger partial charge in [-0.1, -0.05) is 15.9 Å². The van der Waals surface area contributed by atoms with Gasteiger partial charge in [0.25, 0.3) is 0 Å². The molecule has 2 aromatic rings. The highest BCUT2D eigenvalue weighted by molar-refractivity contribution is 9.10. The number of aliphatic hydroxyl groups excluding tert-OH is 1. The lowest BCUT2D eigenvalue weighted by atomic mass is 10.2. The smallest absolute Gasteiger partial charge is 0.137 e. The molecule has 19 heavy (non-hydrogen) atoms. The van der Waals surface area contributed by atoms with E-state index in [1.165, 1.54) is 0 Å². The maximum absolute atomic E-state index is 9.33. The summed E-state index contributed by atoms with van der Waals surface area (Å²) in [5, 5.41) is 13.8. The van der Waals surface area contributed by atoms with Crippen molar-refractivity contribution in [3.8, 4) is 0 Å². The van der Waals surface area contributed by atoms with E-state index < -0.39 is 0 Å². The molecule has 2 unspecified atom stereocenters. The molecular formula is C13H16BrN3OS. The maximum Gasteiger partial charge on any atom is 0.137 e. The summed E-state index contributed by atoms with van der Waals surface area (Å²) >= 11 is 5.10. The van der Waals surface area contributed by atoms with Gasteiger partial charge in [0.1, 0.15) is 12.1 Å². The van der Waals surface area contributed by atoms with E-state index in [1.807, 2.05) is 31.4 Å². The Morgan fingerprint density at radius 2 is 2.21 bits per heavy atom. The number of benzene rings is 1. The number of anilines is 1. The van der Waals surface area contributed by atoms with E-state index in [0.717, 1.165) is 21.2 Å². The minimum Gasteiger partial charge on any atom is -0.395 e. The number of nitrogens with zero attached hydrogens (tertiary/aromatic N) is 2. The molecular weight excluding hydrogens is 326 g/mol. The quantitative estimate of drug-likeness (QED) is 0.875. The van der Waals surface area contributed by atoms with Crippen LogP contribution in [0.5, 0.6) is 0 Å². The van der Waals surface area contributed by atoms with E-state index in [0.29, 0.717) is 0 Å². The zero-order chi connectivity index (χ0) is 13.8. The summed E-state index contributed by atoms with van der Waals surface area (Å²) in [6.07, 6.45) is 3.55. The summed E-state index contributed by atoms with van der Waals surface area (Å²) in [5.74, 6) is 0.798. The van der Waals surface area contributed by atoms with Gasteiger partial charge in [0.15, 0.2) is 0 Å². The molecule has 0 amide bonds. The molecule has 0 aliphatic rings. The van der Waals surface area contributed by atoms with E-state index in [2.05, 4.69) is 31.2 Å². The molecule has 1 heterocycles. The standard InChI is InChI=1S/C13H16BrN3OS/c1-8(12(6-18)19-2)17-13-10-5-9(14)3-4-11(10)15-7-16-13/h3-5,7-8,12,18H,6H2,1-2H3,(H,15,16,17). The van der Waals surface area contributed by atoms with Gasteiger partial charge in [-0.25, -0.2) is 9.97 Å². The van der Waals surface area contributed by atoms with Crippen LogP contribution in [0.4, 0.5) is 5.82 Å². The molecule has 6 heteroatoms. The monoisotopic (exact) mass is 341 g/mol. The molecule has 0 saturated heterocycles. The average Bonchev–Trinajstić information content (AvgIpc) is 2.41. The molecule has 2 atom stereocenters. The minimum atomic E-state index is 0.122. The molecule has 0 aliphatic carbocycles. The fourth-order valence-electron chi connectivity index (χ4n) is 1.89. The first-order valence-corrected chi connectivity index (χ1v) is 8.04. The van der Waals surface area contributed by atoms with Crippen molar-refractivity contribution in [2.45, 2.75) is 18.2 Å². The van der Waals surface area contributed by atoms with Crippen LogP contribution >= 0.6 is 27.7 Å². The molecule has 0 radical (unpaired) electrons. The van der Waals surface area contributed by atoms with Crippen molar-refractivity contribution in [1.29, 1.82) is 0 Å². The van der Waals surface area contributed by atoms with Crippen LogP contribution in [0.25, 0.3) is 10.9 Å². The Morgan fingerprint density at radius 1 is 1.42 bits per heavy atom. The molecule has 0 saturated carbocycles. The number of halogens is 1. The number of hydrogen-bond donors (Lipinski definition) is 2. The fraction of sp³-hybridized carbons (Fsp3) is 0.385. The highest BCUT2D eigenvalue weighted by atomic mass is 79.9. The Labute approximate surface area is 125 Å². The van der Waals surface area contributed by atoms with Crippen LogP contribution in [0, 0.1) is 0 Å². The lowest BCUT2D eigenvalue weighted by Gasteiger charge is -2.22. The predicted molar refractivity (Wildman–Crippen MR) is 84.7 cm³/mol. The van der Waals surface area contributed by atoms with Gasteiger partial charge in [0.2, 0.25) is 0 Å². The van der Waals surface area contributed by atoms with Gasteiger partial charge in [-0.15, -0.1) is 0 Å². The van der Waals surface area contributed by atoms with Crippen molar-refractivity contribution in [1.82, 2.24) is 9.97 Å². The Bertz CT molecular complexity index is 563. The minimum absolute atomic E-state index is 0.122. The molecule has 4 nitrogen and oxygen atoms in total. The Kier molecular flexibility index (Phi) is 5.01. The van der Waals surface area contributed by atoms with Crippen molar-refractivity contribution >= 4 is 44.4 Å². The zero-order valence-corrected chi connectivity index (χ0v) is 13.2. The Hall–Kier alpha value is -0.850. The van der Waals surface area contributed by atoms with Crippen LogP contribution in [0.1, 0.15) is 6.92 Å². The zero-order valence-electron chi connectivity index (χ0n) is 10.8. The predicted octanol–water partition coefficient (Wildman–Crippen LogP) is 2.92. The van der Waals surface area contributed by atoms with E-state index in [9.17, 15) is 5.11 Å². The Balaban J connectivity index is 2.32. The lowest BCUT2D eigenvalue weighted by molar-refractivity contribution is 0.288. The molecule has 102 valence electrons. The van der Waals surface area contributed by atoms with Crippen LogP contribution in [0.3, 0.4) is 0 Å². The third-order valence-electron chi connectivity index (χ3n) is 3.00. The number of nitrogens with one attached hydrogen (secondary N) is 1. The van der Waals surface area contributed by atoms with Crippen molar-refractivity contribution in [3.05, 3.63) is 29.0 Å². The topological polar surface area (TPSA) is 58.0 Å². The van der Waals surface area contributed by atoms with Gasteiger partial charge >= 0.3 is 0 Å². The number of aliphatic hydroxyl groups is 1. The normalized spacial score (nSPS) is 14.3. The Morgan fingerprint density at radius 3 is 2.89 bits per heavy atom. The van der Waals surface area contributed by atoms with Crippen LogP contribution < -0.4 is 5.32 Å². The summed E-state index contributed by atoms with van der Waals surface area (Å²) < 4.78 is 0.995. The summed E-state index contributed by atoms with van der Waals surface area (Å²) in [4.78, 5) is 8.55. The summed E-state index contributed by atoms with van der Waals surface area (Å²) in [6, 6.07) is 6.03. The third-order valence-corrected chi connectivity index (χ3v) is 4.66. The SMILES string of the molecule is CSC(CO)C(C)Nc1ncnc2ccc(Br)cc12. The summed E-state index contributed by atoms with van der Waals surface area (Å²) in [5.41, 5.74) is 0.901.